The molecule has 0 saturated carbocycles. The summed E-state index contributed by atoms with van der Waals surface area (Å²) in [6, 6.07) is 18.3. The summed E-state index contributed by atoms with van der Waals surface area (Å²) in [5, 5.41) is 10.4. The van der Waals surface area contributed by atoms with Gasteiger partial charge in [-0.2, -0.15) is 0 Å². The molecule has 0 spiro atoms. The van der Waals surface area contributed by atoms with E-state index in [0.29, 0.717) is 6.54 Å². The zero-order valence-electron chi connectivity index (χ0n) is 14.7. The molecule has 0 fully saturated rings. The van der Waals surface area contributed by atoms with E-state index < -0.39 is 6.10 Å². The van der Waals surface area contributed by atoms with E-state index >= 15 is 0 Å². The van der Waals surface area contributed by atoms with Crippen LogP contribution in [-0.4, -0.2) is 27.4 Å². The van der Waals surface area contributed by atoms with E-state index in [0.717, 1.165) is 17.0 Å². The molecule has 130 valence electrons. The normalized spacial score (nSPS) is 13.6. The minimum absolute atomic E-state index is 0.194. The topological polar surface area (TPSA) is 47.3 Å². The van der Waals surface area contributed by atoms with Crippen molar-refractivity contribution in [3.05, 3.63) is 89.5 Å². The van der Waals surface area contributed by atoms with Gasteiger partial charge in [0.2, 0.25) is 0 Å². The first-order chi connectivity index (χ1) is 12.1. The van der Waals surface area contributed by atoms with E-state index in [1.54, 1.807) is 6.20 Å². The minimum Gasteiger partial charge on any atom is -0.389 e. The molecule has 0 saturated heterocycles. The highest BCUT2D eigenvalue weighted by atomic mass is 16.5. The Bertz CT molecular complexity index is 798. The first-order valence-electron chi connectivity index (χ1n) is 8.53. The van der Waals surface area contributed by atoms with Gasteiger partial charge in [0, 0.05) is 12.4 Å². The molecule has 0 aliphatic rings. The van der Waals surface area contributed by atoms with Crippen LogP contribution < -0.4 is 0 Å². The maximum atomic E-state index is 10.4. The molecule has 0 aliphatic heterocycles. The van der Waals surface area contributed by atoms with Gasteiger partial charge >= 0.3 is 0 Å². The van der Waals surface area contributed by atoms with Crippen molar-refractivity contribution in [3.8, 4) is 0 Å². The number of aliphatic hydroxyl groups excluding tert-OH is 1. The Labute approximate surface area is 148 Å². The van der Waals surface area contributed by atoms with E-state index in [1.807, 2.05) is 48.0 Å². The number of hydrogen-bond donors (Lipinski definition) is 1. The number of hydrogen-bond acceptors (Lipinski definition) is 3. The molecule has 1 N–H and O–H groups in total. The lowest BCUT2D eigenvalue weighted by Gasteiger charge is -2.23. The van der Waals surface area contributed by atoms with E-state index in [1.165, 1.54) is 5.56 Å². The molecule has 0 radical (unpaired) electrons. The van der Waals surface area contributed by atoms with Crippen LogP contribution in [0.4, 0.5) is 0 Å². The van der Waals surface area contributed by atoms with Gasteiger partial charge in [-0.1, -0.05) is 54.6 Å². The third-order valence-corrected chi connectivity index (χ3v) is 4.36. The fraction of sp³-hybridized carbons (Fsp3) is 0.286. The summed E-state index contributed by atoms with van der Waals surface area (Å²) < 4.78 is 8.09. The van der Waals surface area contributed by atoms with Crippen molar-refractivity contribution >= 4 is 0 Å². The molecule has 4 nitrogen and oxygen atoms in total. The molecule has 4 heteroatoms. The zero-order valence-corrected chi connectivity index (χ0v) is 14.7. The minimum atomic E-state index is -0.594. The van der Waals surface area contributed by atoms with Gasteiger partial charge in [0.15, 0.2) is 0 Å². The molecule has 1 aromatic heterocycles. The Balaban J connectivity index is 1.74. The van der Waals surface area contributed by atoms with Crippen LogP contribution in [0, 0.1) is 13.8 Å². The van der Waals surface area contributed by atoms with Gasteiger partial charge in [0.1, 0.15) is 11.9 Å². The Hall–Kier alpha value is -2.43. The lowest BCUT2D eigenvalue weighted by Crippen LogP contribution is -2.24. The summed E-state index contributed by atoms with van der Waals surface area (Å²) in [5.74, 6) is 0.887. The van der Waals surface area contributed by atoms with Crippen molar-refractivity contribution in [2.75, 3.05) is 6.61 Å². The van der Waals surface area contributed by atoms with Crippen LogP contribution in [-0.2, 0) is 11.3 Å². The maximum absolute atomic E-state index is 10.4. The predicted molar refractivity (Wildman–Crippen MR) is 98.4 cm³/mol. The number of imidazole rings is 1. The summed E-state index contributed by atoms with van der Waals surface area (Å²) >= 11 is 0. The van der Waals surface area contributed by atoms with Crippen LogP contribution in [0.1, 0.15) is 28.6 Å². The molecule has 3 aromatic rings. The van der Waals surface area contributed by atoms with Crippen molar-refractivity contribution < 1.29 is 9.84 Å². The van der Waals surface area contributed by atoms with Crippen LogP contribution in [0.5, 0.6) is 0 Å². The first kappa shape index (κ1) is 17.4. The van der Waals surface area contributed by atoms with Gasteiger partial charge in [-0.3, -0.25) is 0 Å². The summed E-state index contributed by atoms with van der Waals surface area (Å²) in [7, 11) is 0. The van der Waals surface area contributed by atoms with Crippen molar-refractivity contribution in [2.45, 2.75) is 32.6 Å². The fourth-order valence-corrected chi connectivity index (χ4v) is 2.96. The quantitative estimate of drug-likeness (QED) is 0.716. The molecule has 2 aromatic carbocycles. The number of aromatic nitrogens is 2. The lowest BCUT2D eigenvalue weighted by molar-refractivity contribution is -0.000980. The van der Waals surface area contributed by atoms with Crippen molar-refractivity contribution in [3.63, 3.8) is 0 Å². The van der Waals surface area contributed by atoms with Crippen LogP contribution >= 0.6 is 0 Å². The zero-order chi connectivity index (χ0) is 17.6. The van der Waals surface area contributed by atoms with Crippen molar-refractivity contribution in [2.24, 2.45) is 0 Å². The van der Waals surface area contributed by atoms with Gasteiger partial charge in [-0.25, -0.2) is 4.98 Å². The average molecular weight is 336 g/mol. The maximum Gasteiger partial charge on any atom is 0.108 e. The Morgan fingerprint density at radius 1 is 1.04 bits per heavy atom. The second-order valence-electron chi connectivity index (χ2n) is 6.26. The average Bonchev–Trinajstić information content (AvgIpc) is 3.02. The van der Waals surface area contributed by atoms with Crippen molar-refractivity contribution in [1.29, 1.82) is 0 Å². The van der Waals surface area contributed by atoms with Gasteiger partial charge in [0.25, 0.3) is 0 Å². The molecule has 2 atom stereocenters. The monoisotopic (exact) mass is 336 g/mol. The summed E-state index contributed by atoms with van der Waals surface area (Å²) in [6.07, 6.45) is 2.82. The second kappa shape index (κ2) is 8.10. The number of aryl methyl sites for hydroxylation is 2. The predicted octanol–water partition coefficient (Wildman–Crippen LogP) is 3.67. The number of benzene rings is 2. The Kier molecular flexibility index (Phi) is 5.64. The third kappa shape index (κ3) is 4.35. The summed E-state index contributed by atoms with van der Waals surface area (Å²) in [4.78, 5) is 4.18. The van der Waals surface area contributed by atoms with Gasteiger partial charge < -0.3 is 14.4 Å². The molecule has 3 rings (SSSR count). The van der Waals surface area contributed by atoms with Gasteiger partial charge in [-0.15, -0.1) is 0 Å². The highest BCUT2D eigenvalue weighted by Crippen LogP contribution is 2.28. The van der Waals surface area contributed by atoms with Crippen molar-refractivity contribution in [1.82, 2.24) is 9.55 Å². The summed E-state index contributed by atoms with van der Waals surface area (Å²) in [6.45, 7) is 4.74. The molecule has 0 amide bonds. The highest BCUT2D eigenvalue weighted by Gasteiger charge is 2.18. The summed E-state index contributed by atoms with van der Waals surface area (Å²) in [5.41, 5.74) is 3.39. The van der Waals surface area contributed by atoms with Crippen LogP contribution in [0.25, 0.3) is 0 Å². The molecular formula is C21H24N2O2. The molecule has 0 aliphatic carbocycles. The Morgan fingerprint density at radius 2 is 1.76 bits per heavy atom. The second-order valence-corrected chi connectivity index (χ2v) is 6.26. The highest BCUT2D eigenvalue weighted by molar-refractivity contribution is 5.35. The number of aliphatic hydroxyl groups is 1. The van der Waals surface area contributed by atoms with E-state index in [-0.39, 0.29) is 12.7 Å². The Morgan fingerprint density at radius 3 is 2.44 bits per heavy atom. The van der Waals surface area contributed by atoms with E-state index in [4.69, 9.17) is 4.74 Å². The van der Waals surface area contributed by atoms with E-state index in [9.17, 15) is 5.11 Å². The van der Waals surface area contributed by atoms with Crippen LogP contribution in [0.15, 0.2) is 67.0 Å². The molecule has 2 unspecified atom stereocenters. The largest absolute Gasteiger partial charge is 0.389 e. The lowest BCUT2D eigenvalue weighted by atomic mass is 9.97. The first-order valence-corrected chi connectivity index (χ1v) is 8.53. The SMILES string of the molecule is Cc1ccccc1C(OCC(O)Cn1ccnc1C)c1ccccc1. The van der Waals surface area contributed by atoms with Crippen LogP contribution in [0.3, 0.4) is 0 Å². The molecule has 25 heavy (non-hydrogen) atoms. The van der Waals surface area contributed by atoms with Crippen LogP contribution in [0.2, 0.25) is 0 Å². The fourth-order valence-electron chi connectivity index (χ4n) is 2.96. The number of rotatable bonds is 7. The van der Waals surface area contributed by atoms with E-state index in [2.05, 4.69) is 36.2 Å². The smallest absolute Gasteiger partial charge is 0.108 e. The molecule has 1 heterocycles. The molecule has 0 bridgehead atoms. The standard InChI is InChI=1S/C21H24N2O2/c1-16-8-6-7-11-20(16)21(18-9-4-3-5-10-18)25-15-19(24)14-23-13-12-22-17(23)2/h3-13,19,21,24H,14-15H2,1-2H3. The molecular weight excluding hydrogens is 312 g/mol. The number of ether oxygens (including phenoxy) is 1. The third-order valence-electron chi connectivity index (χ3n) is 4.36. The van der Waals surface area contributed by atoms with Gasteiger partial charge in [-0.05, 0) is 30.5 Å². The number of nitrogens with zero attached hydrogens (tertiary/aromatic N) is 2. The van der Waals surface area contributed by atoms with Gasteiger partial charge in [0.05, 0.1) is 19.3 Å².